The van der Waals surface area contributed by atoms with E-state index in [1.165, 1.54) is 10.9 Å². The molecule has 1 aromatic heterocycles. The Bertz CT molecular complexity index is 625. The monoisotopic (exact) mass is 262 g/mol. The molecular formula is C13H14N2O4. The molecule has 2 rings (SSSR count). The number of H-pyrrole nitrogens is 1. The number of esters is 1. The summed E-state index contributed by atoms with van der Waals surface area (Å²) in [5.74, 6) is 0.0832. The van der Waals surface area contributed by atoms with Crippen LogP contribution in [0.1, 0.15) is 17.3 Å². The molecule has 0 bridgehead atoms. The molecule has 0 saturated heterocycles. The molecule has 0 unspecified atom stereocenters. The Morgan fingerprint density at radius 1 is 1.32 bits per heavy atom. The van der Waals surface area contributed by atoms with Crippen molar-refractivity contribution >= 4 is 5.97 Å². The first kappa shape index (κ1) is 12.9. The molecule has 0 saturated carbocycles. The third kappa shape index (κ3) is 2.67. The molecule has 0 atom stereocenters. The number of ether oxygens (including phenoxy) is 2. The molecule has 1 aromatic carbocycles. The van der Waals surface area contributed by atoms with Crippen LogP contribution in [0, 0.1) is 0 Å². The second-order valence-corrected chi connectivity index (χ2v) is 3.77. The van der Waals surface area contributed by atoms with Crippen molar-refractivity contribution in [2.24, 2.45) is 0 Å². The zero-order chi connectivity index (χ0) is 13.8. The summed E-state index contributed by atoms with van der Waals surface area (Å²) in [4.78, 5) is 23.2. The minimum absolute atomic E-state index is 0.0160. The van der Waals surface area contributed by atoms with Gasteiger partial charge in [0.15, 0.2) is 0 Å². The van der Waals surface area contributed by atoms with Gasteiger partial charge in [-0.25, -0.2) is 4.79 Å². The molecule has 6 heteroatoms. The smallest absolute Gasteiger partial charge is 0.345 e. The number of methoxy groups -OCH3 is 1. The average molecular weight is 262 g/mol. The number of nitrogens with one attached hydrogen (secondary N) is 1. The number of carbonyl (C=O) groups excluding carboxylic acids is 1. The molecule has 6 nitrogen and oxygen atoms in total. The van der Waals surface area contributed by atoms with E-state index in [0.717, 1.165) is 0 Å². The Hall–Kier alpha value is -2.50. The van der Waals surface area contributed by atoms with Gasteiger partial charge in [0.25, 0.3) is 5.56 Å². The summed E-state index contributed by atoms with van der Waals surface area (Å²) in [7, 11) is 1.57. The normalized spacial score (nSPS) is 10.2. The summed E-state index contributed by atoms with van der Waals surface area (Å²) < 4.78 is 11.3. The molecule has 19 heavy (non-hydrogen) atoms. The zero-order valence-electron chi connectivity index (χ0n) is 10.7. The fourth-order valence-corrected chi connectivity index (χ4v) is 1.63. The highest BCUT2D eigenvalue weighted by Gasteiger charge is 2.14. The van der Waals surface area contributed by atoms with Crippen LogP contribution in [0.2, 0.25) is 0 Å². The summed E-state index contributed by atoms with van der Waals surface area (Å²) in [6.45, 7) is 1.92. The minimum Gasteiger partial charge on any atom is -0.497 e. The highest BCUT2D eigenvalue weighted by Crippen LogP contribution is 2.14. The predicted molar refractivity (Wildman–Crippen MR) is 68.9 cm³/mol. The maximum absolute atomic E-state index is 11.7. The van der Waals surface area contributed by atoms with Gasteiger partial charge < -0.3 is 9.47 Å². The van der Waals surface area contributed by atoms with Crippen molar-refractivity contribution < 1.29 is 14.3 Å². The summed E-state index contributed by atoms with van der Waals surface area (Å²) in [5, 5.41) is 2.56. The highest BCUT2D eigenvalue weighted by molar-refractivity contribution is 5.88. The summed E-state index contributed by atoms with van der Waals surface area (Å²) >= 11 is 0. The summed E-state index contributed by atoms with van der Waals surface area (Å²) in [6.07, 6.45) is 1.42. The number of rotatable bonds is 4. The van der Waals surface area contributed by atoms with Gasteiger partial charge in [-0.2, -0.15) is 0 Å². The topological polar surface area (TPSA) is 73.3 Å². The lowest BCUT2D eigenvalue weighted by atomic mass is 10.3. The highest BCUT2D eigenvalue weighted by atomic mass is 16.5. The molecule has 0 amide bonds. The van der Waals surface area contributed by atoms with Crippen molar-refractivity contribution in [2.45, 2.75) is 6.92 Å². The lowest BCUT2D eigenvalue weighted by molar-refractivity contribution is 0.0525. The molecule has 1 heterocycles. The van der Waals surface area contributed by atoms with Crippen LogP contribution in [-0.4, -0.2) is 29.5 Å². The van der Waals surface area contributed by atoms with E-state index in [9.17, 15) is 9.59 Å². The minimum atomic E-state index is -0.629. The Morgan fingerprint density at radius 3 is 2.58 bits per heavy atom. The second kappa shape index (κ2) is 5.43. The van der Waals surface area contributed by atoms with E-state index >= 15 is 0 Å². The lowest BCUT2D eigenvalue weighted by Gasteiger charge is -2.03. The van der Waals surface area contributed by atoms with Gasteiger partial charge >= 0.3 is 5.97 Å². The SMILES string of the molecule is CCOC(=O)c1cn(-c2ccc(OC)cc2)[nH]c1=O. The van der Waals surface area contributed by atoms with Crippen LogP contribution in [0.15, 0.2) is 35.3 Å². The van der Waals surface area contributed by atoms with Gasteiger partial charge in [-0.15, -0.1) is 0 Å². The largest absolute Gasteiger partial charge is 0.497 e. The quantitative estimate of drug-likeness (QED) is 0.844. The first-order valence-electron chi connectivity index (χ1n) is 5.79. The van der Waals surface area contributed by atoms with Gasteiger partial charge in [0.2, 0.25) is 0 Å². The number of carbonyl (C=O) groups is 1. The van der Waals surface area contributed by atoms with Crippen LogP contribution in [0.5, 0.6) is 5.75 Å². The van der Waals surface area contributed by atoms with Crippen molar-refractivity contribution in [1.82, 2.24) is 9.78 Å². The summed E-state index contributed by atoms with van der Waals surface area (Å²) in [5.41, 5.74) is 0.223. The van der Waals surface area contributed by atoms with Crippen LogP contribution in [0.25, 0.3) is 5.69 Å². The predicted octanol–water partition coefficient (Wildman–Crippen LogP) is 1.35. The average Bonchev–Trinajstić information content (AvgIpc) is 2.81. The second-order valence-electron chi connectivity index (χ2n) is 3.77. The molecule has 0 radical (unpaired) electrons. The standard InChI is InChI=1S/C13H14N2O4/c1-3-19-13(17)11-8-15(14-12(11)16)9-4-6-10(18-2)7-5-9/h4-8H,3H2,1-2H3,(H,14,16). The molecule has 1 N–H and O–H groups in total. The number of hydrogen-bond donors (Lipinski definition) is 1. The Morgan fingerprint density at radius 2 is 2.00 bits per heavy atom. The van der Waals surface area contributed by atoms with Crippen LogP contribution in [0.3, 0.4) is 0 Å². The number of aromatic amines is 1. The molecule has 2 aromatic rings. The fraction of sp³-hybridized carbons (Fsp3) is 0.231. The van der Waals surface area contributed by atoms with Gasteiger partial charge in [0, 0.05) is 6.20 Å². The fourth-order valence-electron chi connectivity index (χ4n) is 1.63. The van der Waals surface area contributed by atoms with Crippen molar-refractivity contribution in [3.8, 4) is 11.4 Å². The van der Waals surface area contributed by atoms with E-state index in [2.05, 4.69) is 5.10 Å². The Kier molecular flexibility index (Phi) is 3.70. The van der Waals surface area contributed by atoms with Gasteiger partial charge in [-0.05, 0) is 31.2 Å². The van der Waals surface area contributed by atoms with E-state index in [4.69, 9.17) is 9.47 Å². The van der Waals surface area contributed by atoms with E-state index in [1.807, 2.05) is 0 Å². The lowest BCUT2D eigenvalue weighted by Crippen LogP contribution is -2.14. The van der Waals surface area contributed by atoms with Crippen molar-refractivity contribution in [1.29, 1.82) is 0 Å². The summed E-state index contributed by atoms with van der Waals surface area (Å²) in [6, 6.07) is 7.06. The number of benzene rings is 1. The Balaban J connectivity index is 2.33. The number of hydrogen-bond acceptors (Lipinski definition) is 4. The van der Waals surface area contributed by atoms with Crippen LogP contribution < -0.4 is 10.3 Å². The molecular weight excluding hydrogens is 248 g/mol. The number of nitrogens with zero attached hydrogens (tertiary/aromatic N) is 1. The van der Waals surface area contributed by atoms with E-state index in [-0.39, 0.29) is 12.2 Å². The maximum Gasteiger partial charge on any atom is 0.345 e. The first-order valence-corrected chi connectivity index (χ1v) is 5.79. The molecule has 0 aliphatic carbocycles. The molecule has 0 aliphatic heterocycles. The maximum atomic E-state index is 11.7. The van der Waals surface area contributed by atoms with Crippen LogP contribution >= 0.6 is 0 Å². The molecule has 0 spiro atoms. The molecule has 0 fully saturated rings. The molecule has 0 aliphatic rings. The van der Waals surface area contributed by atoms with E-state index in [1.54, 1.807) is 38.3 Å². The zero-order valence-corrected chi connectivity index (χ0v) is 10.7. The Labute approximate surface area is 109 Å². The third-order valence-corrected chi connectivity index (χ3v) is 2.57. The van der Waals surface area contributed by atoms with Crippen molar-refractivity contribution in [3.05, 3.63) is 46.4 Å². The van der Waals surface area contributed by atoms with E-state index in [0.29, 0.717) is 11.4 Å². The molecule has 100 valence electrons. The third-order valence-electron chi connectivity index (χ3n) is 2.57. The van der Waals surface area contributed by atoms with Gasteiger partial charge in [-0.1, -0.05) is 0 Å². The van der Waals surface area contributed by atoms with Crippen molar-refractivity contribution in [2.75, 3.05) is 13.7 Å². The van der Waals surface area contributed by atoms with Gasteiger partial charge in [-0.3, -0.25) is 14.6 Å². The van der Waals surface area contributed by atoms with Gasteiger partial charge in [0.05, 0.1) is 19.4 Å². The number of aromatic nitrogens is 2. The van der Waals surface area contributed by atoms with Crippen LogP contribution in [0.4, 0.5) is 0 Å². The van der Waals surface area contributed by atoms with E-state index < -0.39 is 11.5 Å². The van der Waals surface area contributed by atoms with Crippen LogP contribution in [-0.2, 0) is 4.74 Å². The van der Waals surface area contributed by atoms with Gasteiger partial charge in [0.1, 0.15) is 11.3 Å². The van der Waals surface area contributed by atoms with Crippen molar-refractivity contribution in [3.63, 3.8) is 0 Å². The first-order chi connectivity index (χ1) is 9.15.